The molecule has 7 heteroatoms. The van der Waals surface area contributed by atoms with E-state index in [2.05, 4.69) is 5.32 Å². The molecule has 2 rings (SSSR count). The highest BCUT2D eigenvalue weighted by Crippen LogP contribution is 2.26. The highest BCUT2D eigenvalue weighted by Gasteiger charge is 2.12. The largest absolute Gasteiger partial charge is 0.484 e. The Morgan fingerprint density at radius 1 is 1.24 bits per heavy atom. The van der Waals surface area contributed by atoms with Crippen LogP contribution in [0.2, 0.25) is 5.02 Å². The number of benzene rings is 2. The molecule has 0 radical (unpaired) electrons. The topological polar surface area (TPSA) is 81.5 Å². The number of carbonyl (C=O) groups is 1. The number of nitrogens with one attached hydrogen (secondary N) is 1. The third-order valence-electron chi connectivity index (χ3n) is 2.55. The molecule has 0 atom stereocenters. The van der Waals surface area contributed by atoms with Gasteiger partial charge in [0.25, 0.3) is 11.6 Å². The molecule has 108 valence electrons. The van der Waals surface area contributed by atoms with Crippen LogP contribution in [0.5, 0.6) is 5.75 Å². The van der Waals surface area contributed by atoms with Crippen molar-refractivity contribution in [3.8, 4) is 5.75 Å². The summed E-state index contributed by atoms with van der Waals surface area (Å²) in [5.41, 5.74) is 0.0196. The number of hydrogen-bond acceptors (Lipinski definition) is 4. The first-order valence-corrected chi connectivity index (χ1v) is 6.35. The van der Waals surface area contributed by atoms with Crippen molar-refractivity contribution in [3.05, 3.63) is 63.7 Å². The molecule has 0 heterocycles. The van der Waals surface area contributed by atoms with E-state index >= 15 is 0 Å². The molecular weight excluding hydrogens is 296 g/mol. The Bertz CT molecular complexity index is 661. The SMILES string of the molecule is O=C(COc1ccccc1)Nc1cc([N+](=O)[O-])ccc1Cl. The van der Waals surface area contributed by atoms with Crippen LogP contribution < -0.4 is 10.1 Å². The first-order valence-electron chi connectivity index (χ1n) is 5.98. The van der Waals surface area contributed by atoms with E-state index in [9.17, 15) is 14.9 Å². The lowest BCUT2D eigenvalue weighted by Crippen LogP contribution is -2.20. The van der Waals surface area contributed by atoms with Gasteiger partial charge in [-0.3, -0.25) is 14.9 Å². The number of rotatable bonds is 5. The van der Waals surface area contributed by atoms with Gasteiger partial charge >= 0.3 is 0 Å². The summed E-state index contributed by atoms with van der Waals surface area (Å²) in [5, 5.41) is 13.4. The molecule has 2 aromatic rings. The second-order valence-electron chi connectivity index (χ2n) is 4.07. The molecule has 1 N–H and O–H groups in total. The summed E-state index contributed by atoms with van der Waals surface area (Å²) in [6.07, 6.45) is 0. The highest BCUT2D eigenvalue weighted by molar-refractivity contribution is 6.33. The molecule has 0 aromatic heterocycles. The fraction of sp³-hybridized carbons (Fsp3) is 0.0714. The van der Waals surface area contributed by atoms with Crippen molar-refractivity contribution in [1.82, 2.24) is 0 Å². The van der Waals surface area contributed by atoms with Gasteiger partial charge in [0.2, 0.25) is 0 Å². The predicted molar refractivity (Wildman–Crippen MR) is 78.7 cm³/mol. The Balaban J connectivity index is 1.99. The molecule has 0 saturated heterocycles. The van der Waals surface area contributed by atoms with E-state index in [1.165, 1.54) is 18.2 Å². The maximum absolute atomic E-state index is 11.8. The third kappa shape index (κ3) is 4.19. The maximum atomic E-state index is 11.8. The van der Waals surface area contributed by atoms with Crippen LogP contribution in [0.4, 0.5) is 11.4 Å². The fourth-order valence-electron chi connectivity index (χ4n) is 1.57. The van der Waals surface area contributed by atoms with Gasteiger partial charge in [0.1, 0.15) is 5.75 Å². The molecule has 0 aliphatic rings. The van der Waals surface area contributed by atoms with Gasteiger partial charge in [-0.2, -0.15) is 0 Å². The van der Waals surface area contributed by atoms with Crippen LogP contribution in [-0.4, -0.2) is 17.4 Å². The number of anilines is 1. The van der Waals surface area contributed by atoms with E-state index in [0.29, 0.717) is 5.75 Å². The van der Waals surface area contributed by atoms with Crippen molar-refractivity contribution in [2.75, 3.05) is 11.9 Å². The molecule has 6 nitrogen and oxygen atoms in total. The number of nitrogens with zero attached hydrogens (tertiary/aromatic N) is 1. The molecule has 2 aromatic carbocycles. The summed E-state index contributed by atoms with van der Waals surface area (Å²) in [4.78, 5) is 21.9. The predicted octanol–water partition coefficient (Wildman–Crippen LogP) is 3.27. The fourth-order valence-corrected chi connectivity index (χ4v) is 1.74. The van der Waals surface area contributed by atoms with Crippen molar-refractivity contribution in [1.29, 1.82) is 0 Å². The molecular formula is C14H11ClN2O4. The van der Waals surface area contributed by atoms with Crippen LogP contribution in [-0.2, 0) is 4.79 Å². The van der Waals surface area contributed by atoms with Crippen LogP contribution >= 0.6 is 11.6 Å². The van der Waals surface area contributed by atoms with Crippen molar-refractivity contribution in [3.63, 3.8) is 0 Å². The minimum Gasteiger partial charge on any atom is -0.484 e. The van der Waals surface area contributed by atoms with Gasteiger partial charge in [0.05, 0.1) is 15.6 Å². The van der Waals surface area contributed by atoms with Gasteiger partial charge in [-0.1, -0.05) is 29.8 Å². The second-order valence-corrected chi connectivity index (χ2v) is 4.48. The van der Waals surface area contributed by atoms with Crippen LogP contribution in [0.15, 0.2) is 48.5 Å². The lowest BCUT2D eigenvalue weighted by Gasteiger charge is -2.08. The molecule has 0 spiro atoms. The van der Waals surface area contributed by atoms with Gasteiger partial charge < -0.3 is 10.1 Å². The Morgan fingerprint density at radius 2 is 1.95 bits per heavy atom. The minimum atomic E-state index is -0.563. The molecule has 0 aliphatic heterocycles. The van der Waals surface area contributed by atoms with Crippen LogP contribution in [0.1, 0.15) is 0 Å². The number of ether oxygens (including phenoxy) is 1. The molecule has 21 heavy (non-hydrogen) atoms. The minimum absolute atomic E-state index is 0.154. The Hall–Kier alpha value is -2.60. The molecule has 1 amide bonds. The summed E-state index contributed by atoms with van der Waals surface area (Å²) in [7, 11) is 0. The Morgan fingerprint density at radius 3 is 2.62 bits per heavy atom. The number of hydrogen-bond donors (Lipinski definition) is 1. The summed E-state index contributed by atoms with van der Waals surface area (Å²) in [6, 6.07) is 12.6. The highest BCUT2D eigenvalue weighted by atomic mass is 35.5. The van der Waals surface area contributed by atoms with E-state index in [1.807, 2.05) is 6.07 Å². The number of non-ortho nitro benzene ring substituents is 1. The van der Waals surface area contributed by atoms with Crippen LogP contribution in [0, 0.1) is 10.1 Å². The zero-order valence-electron chi connectivity index (χ0n) is 10.8. The normalized spacial score (nSPS) is 9.95. The van der Waals surface area contributed by atoms with Crippen LogP contribution in [0.3, 0.4) is 0 Å². The monoisotopic (exact) mass is 306 g/mol. The average molecular weight is 307 g/mol. The summed E-state index contributed by atoms with van der Waals surface area (Å²) >= 11 is 5.88. The Kier molecular flexibility index (Phi) is 4.73. The molecule has 0 fully saturated rings. The summed E-state index contributed by atoms with van der Waals surface area (Å²) in [5.74, 6) is 0.0963. The number of para-hydroxylation sites is 1. The number of amides is 1. The smallest absolute Gasteiger partial charge is 0.271 e. The van der Waals surface area contributed by atoms with Crippen LogP contribution in [0.25, 0.3) is 0 Å². The number of nitro benzene ring substituents is 1. The maximum Gasteiger partial charge on any atom is 0.271 e. The number of halogens is 1. The van der Waals surface area contributed by atoms with E-state index in [-0.39, 0.29) is 23.0 Å². The quantitative estimate of drug-likeness (QED) is 0.679. The molecule has 0 saturated carbocycles. The second kappa shape index (κ2) is 6.71. The van der Waals surface area contributed by atoms with E-state index < -0.39 is 10.8 Å². The first kappa shape index (κ1) is 14.8. The zero-order chi connectivity index (χ0) is 15.2. The summed E-state index contributed by atoms with van der Waals surface area (Å²) < 4.78 is 5.27. The van der Waals surface area contributed by atoms with Gasteiger partial charge in [-0.05, 0) is 18.2 Å². The number of nitro groups is 1. The standard InChI is InChI=1S/C14H11ClN2O4/c15-12-7-6-10(17(19)20)8-13(12)16-14(18)9-21-11-4-2-1-3-5-11/h1-8H,9H2,(H,16,18). The van der Waals surface area contributed by atoms with Crippen molar-refractivity contribution in [2.45, 2.75) is 0 Å². The molecule has 0 unspecified atom stereocenters. The van der Waals surface area contributed by atoms with Crippen molar-refractivity contribution in [2.24, 2.45) is 0 Å². The third-order valence-corrected chi connectivity index (χ3v) is 2.88. The van der Waals surface area contributed by atoms with E-state index in [0.717, 1.165) is 0 Å². The Labute approximate surface area is 125 Å². The van der Waals surface area contributed by atoms with Gasteiger partial charge in [-0.15, -0.1) is 0 Å². The number of carbonyl (C=O) groups excluding carboxylic acids is 1. The lowest BCUT2D eigenvalue weighted by atomic mass is 10.3. The average Bonchev–Trinajstić information content (AvgIpc) is 2.48. The van der Waals surface area contributed by atoms with Gasteiger partial charge in [-0.25, -0.2) is 0 Å². The first-order chi connectivity index (χ1) is 10.1. The van der Waals surface area contributed by atoms with E-state index in [4.69, 9.17) is 16.3 Å². The van der Waals surface area contributed by atoms with Crippen molar-refractivity contribution < 1.29 is 14.5 Å². The van der Waals surface area contributed by atoms with Gasteiger partial charge in [0.15, 0.2) is 6.61 Å². The molecule has 0 bridgehead atoms. The zero-order valence-corrected chi connectivity index (χ0v) is 11.5. The molecule has 0 aliphatic carbocycles. The van der Waals surface area contributed by atoms with Gasteiger partial charge in [0, 0.05) is 12.1 Å². The van der Waals surface area contributed by atoms with Crippen molar-refractivity contribution >= 4 is 28.9 Å². The summed E-state index contributed by atoms with van der Waals surface area (Å²) in [6.45, 7) is -0.219. The van der Waals surface area contributed by atoms with E-state index in [1.54, 1.807) is 24.3 Å². The lowest BCUT2D eigenvalue weighted by molar-refractivity contribution is -0.384.